The molecule has 0 radical (unpaired) electrons. The fourth-order valence-corrected chi connectivity index (χ4v) is 2.55. The van der Waals surface area contributed by atoms with Gasteiger partial charge < -0.3 is 19.5 Å². The molecule has 1 N–H and O–H groups in total. The van der Waals surface area contributed by atoms with E-state index in [-0.39, 0.29) is 6.79 Å². The van der Waals surface area contributed by atoms with Crippen LogP contribution in [0.25, 0.3) is 0 Å². The van der Waals surface area contributed by atoms with Gasteiger partial charge in [0.2, 0.25) is 6.79 Å². The third kappa shape index (κ3) is 3.23. The monoisotopic (exact) mass is 305 g/mol. The van der Waals surface area contributed by atoms with E-state index in [9.17, 15) is 0 Å². The molecule has 0 amide bonds. The van der Waals surface area contributed by atoms with E-state index in [4.69, 9.17) is 25.8 Å². The van der Waals surface area contributed by atoms with Crippen LogP contribution in [0.5, 0.6) is 11.5 Å². The van der Waals surface area contributed by atoms with E-state index in [2.05, 4.69) is 11.4 Å². The van der Waals surface area contributed by atoms with Gasteiger partial charge in [0.05, 0.1) is 11.6 Å². The van der Waals surface area contributed by atoms with E-state index in [1.165, 1.54) is 0 Å². The lowest BCUT2D eigenvalue weighted by molar-refractivity contribution is 0.174. The molecule has 0 aromatic heterocycles. The third-order valence-electron chi connectivity index (χ3n) is 3.22. The first-order valence-corrected chi connectivity index (χ1v) is 7.04. The Morgan fingerprint density at radius 1 is 1.19 bits per heavy atom. The van der Waals surface area contributed by atoms with E-state index in [0.29, 0.717) is 29.7 Å². The highest BCUT2D eigenvalue weighted by atomic mass is 35.5. The topological polar surface area (TPSA) is 39.7 Å². The first-order valence-electron chi connectivity index (χ1n) is 6.66. The number of hydrogen-bond acceptors (Lipinski definition) is 4. The van der Waals surface area contributed by atoms with Crippen LogP contribution in [0, 0.1) is 0 Å². The Morgan fingerprint density at radius 2 is 2.10 bits per heavy atom. The maximum atomic E-state index is 6.17. The number of benzene rings is 2. The first-order chi connectivity index (χ1) is 10.3. The van der Waals surface area contributed by atoms with E-state index in [0.717, 1.165) is 16.8 Å². The van der Waals surface area contributed by atoms with Gasteiger partial charge in [0, 0.05) is 19.3 Å². The smallest absolute Gasteiger partial charge is 0.231 e. The van der Waals surface area contributed by atoms with Crippen LogP contribution in [0.3, 0.4) is 0 Å². The summed E-state index contributed by atoms with van der Waals surface area (Å²) >= 11 is 6.17. The van der Waals surface area contributed by atoms with Gasteiger partial charge in [-0.15, -0.1) is 0 Å². The number of fused-ring (bicyclic) bond motifs is 1. The van der Waals surface area contributed by atoms with E-state index in [1.54, 1.807) is 7.11 Å². The summed E-state index contributed by atoms with van der Waals surface area (Å²) < 4.78 is 15.8. The first kappa shape index (κ1) is 14.0. The highest BCUT2D eigenvalue weighted by molar-refractivity contribution is 6.32. The fraction of sp³-hybridized carbons (Fsp3) is 0.250. The van der Waals surface area contributed by atoms with Crippen molar-refractivity contribution in [2.24, 2.45) is 0 Å². The number of rotatable bonds is 5. The summed E-state index contributed by atoms with van der Waals surface area (Å²) in [4.78, 5) is 0. The Hall–Kier alpha value is -1.91. The van der Waals surface area contributed by atoms with Crippen molar-refractivity contribution in [2.75, 3.05) is 19.2 Å². The van der Waals surface area contributed by atoms with Crippen LogP contribution < -0.4 is 14.8 Å². The van der Waals surface area contributed by atoms with Crippen molar-refractivity contribution in [1.29, 1.82) is 0 Å². The number of ether oxygens (including phenoxy) is 3. The van der Waals surface area contributed by atoms with Gasteiger partial charge in [-0.25, -0.2) is 0 Å². The molecular formula is C16H16ClNO3. The Balaban J connectivity index is 1.70. The van der Waals surface area contributed by atoms with Crippen molar-refractivity contribution in [1.82, 2.24) is 0 Å². The molecular weight excluding hydrogens is 290 g/mol. The second-order valence-electron chi connectivity index (χ2n) is 4.80. The zero-order valence-corrected chi connectivity index (χ0v) is 12.4. The summed E-state index contributed by atoms with van der Waals surface area (Å²) in [5.74, 6) is 1.33. The molecule has 0 saturated carbocycles. The molecule has 3 rings (SSSR count). The molecule has 2 aromatic carbocycles. The number of anilines is 1. The number of hydrogen-bond donors (Lipinski definition) is 1. The minimum Gasteiger partial charge on any atom is -0.454 e. The van der Waals surface area contributed by atoms with Crippen LogP contribution in [0.1, 0.15) is 11.1 Å². The zero-order chi connectivity index (χ0) is 14.7. The number of halogens is 1. The Kier molecular flexibility index (Phi) is 4.18. The van der Waals surface area contributed by atoms with Gasteiger partial charge in [-0.3, -0.25) is 0 Å². The SMILES string of the molecule is COCc1cccc(NCc2cc(Cl)c3c(c2)OCO3)c1. The number of methoxy groups -OCH3 is 1. The quantitative estimate of drug-likeness (QED) is 0.911. The third-order valence-corrected chi connectivity index (χ3v) is 3.50. The van der Waals surface area contributed by atoms with Crippen molar-refractivity contribution in [3.63, 3.8) is 0 Å². The molecule has 1 aliphatic rings. The van der Waals surface area contributed by atoms with Crippen LogP contribution in [0.4, 0.5) is 5.69 Å². The van der Waals surface area contributed by atoms with E-state index >= 15 is 0 Å². The van der Waals surface area contributed by atoms with Crippen LogP contribution in [0.2, 0.25) is 5.02 Å². The normalized spacial score (nSPS) is 12.5. The van der Waals surface area contributed by atoms with Crippen molar-refractivity contribution >= 4 is 17.3 Å². The molecule has 0 saturated heterocycles. The Morgan fingerprint density at radius 3 is 2.95 bits per heavy atom. The Bertz CT molecular complexity index is 645. The minimum atomic E-state index is 0.227. The second kappa shape index (κ2) is 6.24. The molecule has 4 nitrogen and oxygen atoms in total. The molecule has 110 valence electrons. The lowest BCUT2D eigenvalue weighted by atomic mass is 10.1. The average Bonchev–Trinajstić information content (AvgIpc) is 2.95. The molecule has 0 fully saturated rings. The zero-order valence-electron chi connectivity index (χ0n) is 11.7. The predicted molar refractivity (Wildman–Crippen MR) is 82.1 cm³/mol. The fourth-order valence-electron chi connectivity index (χ4n) is 2.26. The van der Waals surface area contributed by atoms with E-state index in [1.807, 2.05) is 30.3 Å². The average molecular weight is 306 g/mol. The van der Waals surface area contributed by atoms with Crippen molar-refractivity contribution < 1.29 is 14.2 Å². The highest BCUT2D eigenvalue weighted by Gasteiger charge is 2.18. The largest absolute Gasteiger partial charge is 0.454 e. The summed E-state index contributed by atoms with van der Waals surface area (Å²) in [6.07, 6.45) is 0. The van der Waals surface area contributed by atoms with Crippen LogP contribution in [0.15, 0.2) is 36.4 Å². The van der Waals surface area contributed by atoms with Gasteiger partial charge in [0.15, 0.2) is 11.5 Å². The van der Waals surface area contributed by atoms with Gasteiger partial charge in [0.1, 0.15) is 0 Å². The van der Waals surface area contributed by atoms with Crippen LogP contribution >= 0.6 is 11.6 Å². The van der Waals surface area contributed by atoms with Gasteiger partial charge in [-0.1, -0.05) is 23.7 Å². The molecule has 0 bridgehead atoms. The van der Waals surface area contributed by atoms with Gasteiger partial charge in [0.25, 0.3) is 0 Å². The molecule has 0 atom stereocenters. The van der Waals surface area contributed by atoms with Crippen molar-refractivity contribution in [3.8, 4) is 11.5 Å². The van der Waals surface area contributed by atoms with Crippen molar-refractivity contribution in [2.45, 2.75) is 13.2 Å². The van der Waals surface area contributed by atoms with Gasteiger partial charge in [-0.2, -0.15) is 0 Å². The van der Waals surface area contributed by atoms with Crippen LogP contribution in [-0.2, 0) is 17.9 Å². The molecule has 0 spiro atoms. The summed E-state index contributed by atoms with van der Waals surface area (Å²) in [6.45, 7) is 1.49. The summed E-state index contributed by atoms with van der Waals surface area (Å²) in [6, 6.07) is 12.0. The molecule has 21 heavy (non-hydrogen) atoms. The molecule has 1 heterocycles. The van der Waals surface area contributed by atoms with E-state index < -0.39 is 0 Å². The van der Waals surface area contributed by atoms with Gasteiger partial charge in [-0.05, 0) is 35.4 Å². The molecule has 2 aromatic rings. The summed E-state index contributed by atoms with van der Waals surface area (Å²) in [7, 11) is 1.69. The summed E-state index contributed by atoms with van der Waals surface area (Å²) in [5, 5.41) is 3.95. The lowest BCUT2D eigenvalue weighted by Crippen LogP contribution is -2.00. The molecule has 0 unspecified atom stereocenters. The summed E-state index contributed by atoms with van der Waals surface area (Å²) in [5.41, 5.74) is 3.21. The standard InChI is InChI=1S/C16H16ClNO3/c1-19-9-11-3-2-4-13(5-11)18-8-12-6-14(17)16-15(7-12)20-10-21-16/h2-7,18H,8-10H2,1H3. The lowest BCUT2D eigenvalue weighted by Gasteiger charge is -2.09. The second-order valence-corrected chi connectivity index (χ2v) is 5.21. The van der Waals surface area contributed by atoms with Crippen molar-refractivity contribution in [3.05, 3.63) is 52.5 Å². The predicted octanol–water partition coefficient (Wildman–Crippen LogP) is 3.83. The van der Waals surface area contributed by atoms with Gasteiger partial charge >= 0.3 is 0 Å². The number of nitrogens with one attached hydrogen (secondary N) is 1. The maximum absolute atomic E-state index is 6.17. The molecule has 5 heteroatoms. The van der Waals surface area contributed by atoms with Crippen LogP contribution in [-0.4, -0.2) is 13.9 Å². The minimum absolute atomic E-state index is 0.227. The molecule has 1 aliphatic heterocycles. The highest BCUT2D eigenvalue weighted by Crippen LogP contribution is 2.39. The maximum Gasteiger partial charge on any atom is 0.231 e. The molecule has 0 aliphatic carbocycles. The Labute approximate surface area is 128 Å².